The molecule has 20 heavy (non-hydrogen) atoms. The molecule has 7 heteroatoms. The van der Waals surface area contributed by atoms with Crippen LogP contribution >= 0.6 is 0 Å². The maximum absolute atomic E-state index is 12.0. The third kappa shape index (κ3) is 2.51. The summed E-state index contributed by atoms with van der Waals surface area (Å²) in [7, 11) is 0. The van der Waals surface area contributed by atoms with Gasteiger partial charge >= 0.3 is 0 Å². The minimum Gasteiger partial charge on any atom is -0.322 e. The Labute approximate surface area is 114 Å². The molecule has 0 bridgehead atoms. The number of nitrogens with zero attached hydrogens (tertiary/aromatic N) is 4. The third-order valence-electron chi connectivity index (χ3n) is 2.67. The van der Waals surface area contributed by atoms with E-state index in [1.807, 2.05) is 12.1 Å². The predicted molar refractivity (Wildman–Crippen MR) is 71.8 cm³/mol. The van der Waals surface area contributed by atoms with E-state index in [0.717, 1.165) is 5.56 Å². The number of benzene rings is 1. The molecule has 0 aliphatic rings. The lowest BCUT2D eigenvalue weighted by Gasteiger charge is -2.05. The summed E-state index contributed by atoms with van der Waals surface area (Å²) in [6.45, 7) is 0. The van der Waals surface area contributed by atoms with Crippen molar-refractivity contribution in [2.24, 2.45) is 0 Å². The van der Waals surface area contributed by atoms with Gasteiger partial charge in [0, 0.05) is 29.2 Å². The highest BCUT2D eigenvalue weighted by atomic mass is 16.1. The molecule has 0 spiro atoms. The summed E-state index contributed by atoms with van der Waals surface area (Å²) in [6, 6.07) is 10.5. The van der Waals surface area contributed by atoms with Gasteiger partial charge in [-0.3, -0.25) is 9.78 Å². The average molecular weight is 266 g/mol. The summed E-state index contributed by atoms with van der Waals surface area (Å²) in [6.07, 6.45) is 3.15. The normalized spacial score (nSPS) is 10.2. The summed E-state index contributed by atoms with van der Waals surface area (Å²) < 4.78 is 0. The van der Waals surface area contributed by atoms with E-state index >= 15 is 0 Å². The van der Waals surface area contributed by atoms with Crippen molar-refractivity contribution >= 4 is 11.6 Å². The molecule has 0 aliphatic carbocycles. The van der Waals surface area contributed by atoms with E-state index in [4.69, 9.17) is 0 Å². The minimum atomic E-state index is -0.197. The number of aromatic amines is 1. The Balaban J connectivity index is 1.82. The first-order valence-corrected chi connectivity index (χ1v) is 5.88. The van der Waals surface area contributed by atoms with E-state index < -0.39 is 0 Å². The molecule has 0 atom stereocenters. The maximum atomic E-state index is 12.0. The number of carbonyl (C=O) groups is 1. The van der Waals surface area contributed by atoms with Gasteiger partial charge in [-0.25, -0.2) is 0 Å². The highest BCUT2D eigenvalue weighted by Gasteiger charge is 2.07. The van der Waals surface area contributed by atoms with Crippen LogP contribution in [0.1, 0.15) is 10.4 Å². The van der Waals surface area contributed by atoms with Crippen molar-refractivity contribution in [2.45, 2.75) is 0 Å². The molecule has 2 aromatic heterocycles. The minimum absolute atomic E-state index is 0.197. The van der Waals surface area contributed by atoms with Crippen molar-refractivity contribution in [3.63, 3.8) is 0 Å². The molecule has 1 amide bonds. The fourth-order valence-electron chi connectivity index (χ4n) is 1.73. The first kappa shape index (κ1) is 12.0. The number of nitrogens with one attached hydrogen (secondary N) is 2. The van der Waals surface area contributed by atoms with Crippen molar-refractivity contribution < 1.29 is 4.79 Å². The summed E-state index contributed by atoms with van der Waals surface area (Å²) in [5.74, 6) is 0.280. The Morgan fingerprint density at radius 2 is 2.00 bits per heavy atom. The first-order chi connectivity index (χ1) is 9.83. The SMILES string of the molecule is O=C(Nc1cccc(-c2nn[nH]n2)c1)c1ccncc1. The molecule has 98 valence electrons. The van der Waals surface area contributed by atoms with Crippen molar-refractivity contribution in [3.8, 4) is 11.4 Å². The monoisotopic (exact) mass is 266 g/mol. The second-order valence-corrected chi connectivity index (χ2v) is 4.01. The van der Waals surface area contributed by atoms with Gasteiger partial charge in [0.25, 0.3) is 5.91 Å². The van der Waals surface area contributed by atoms with Crippen LogP contribution in [0.25, 0.3) is 11.4 Å². The van der Waals surface area contributed by atoms with Crippen LogP contribution in [0.3, 0.4) is 0 Å². The molecule has 2 heterocycles. The fraction of sp³-hybridized carbons (Fsp3) is 0. The summed E-state index contributed by atoms with van der Waals surface area (Å²) in [5, 5.41) is 16.5. The molecule has 1 aromatic carbocycles. The molecule has 3 aromatic rings. The molecule has 7 nitrogen and oxygen atoms in total. The van der Waals surface area contributed by atoms with Crippen LogP contribution in [0.15, 0.2) is 48.8 Å². The molecule has 0 saturated carbocycles. The van der Waals surface area contributed by atoms with E-state index in [2.05, 4.69) is 30.9 Å². The van der Waals surface area contributed by atoms with Crippen LogP contribution in [-0.4, -0.2) is 31.5 Å². The van der Waals surface area contributed by atoms with Crippen LogP contribution < -0.4 is 5.32 Å². The Morgan fingerprint density at radius 1 is 1.15 bits per heavy atom. The fourth-order valence-corrected chi connectivity index (χ4v) is 1.73. The number of carbonyl (C=O) groups excluding carboxylic acids is 1. The van der Waals surface area contributed by atoms with Gasteiger partial charge in [0.1, 0.15) is 0 Å². The molecule has 0 saturated heterocycles. The number of amides is 1. The van der Waals surface area contributed by atoms with Gasteiger partial charge in [0.05, 0.1) is 0 Å². The molecular weight excluding hydrogens is 256 g/mol. The third-order valence-corrected chi connectivity index (χ3v) is 2.67. The maximum Gasteiger partial charge on any atom is 0.255 e. The Morgan fingerprint density at radius 3 is 2.75 bits per heavy atom. The van der Waals surface area contributed by atoms with E-state index in [1.54, 1.807) is 36.7 Å². The van der Waals surface area contributed by atoms with Crippen LogP contribution in [0.4, 0.5) is 5.69 Å². The van der Waals surface area contributed by atoms with E-state index in [0.29, 0.717) is 17.1 Å². The van der Waals surface area contributed by atoms with Crippen LogP contribution in [-0.2, 0) is 0 Å². The van der Waals surface area contributed by atoms with Crippen LogP contribution in [0, 0.1) is 0 Å². The van der Waals surface area contributed by atoms with Gasteiger partial charge in [-0.2, -0.15) is 5.21 Å². The van der Waals surface area contributed by atoms with Crippen molar-refractivity contribution in [3.05, 3.63) is 54.4 Å². The summed E-state index contributed by atoms with van der Waals surface area (Å²) in [5.41, 5.74) is 1.98. The summed E-state index contributed by atoms with van der Waals surface area (Å²) in [4.78, 5) is 15.9. The lowest BCUT2D eigenvalue weighted by atomic mass is 10.2. The van der Waals surface area contributed by atoms with Gasteiger partial charge in [0.15, 0.2) is 0 Å². The molecule has 0 aliphatic heterocycles. The largest absolute Gasteiger partial charge is 0.322 e. The molecule has 0 radical (unpaired) electrons. The molecule has 0 unspecified atom stereocenters. The lowest BCUT2D eigenvalue weighted by Crippen LogP contribution is -2.11. The highest BCUT2D eigenvalue weighted by molar-refractivity contribution is 6.04. The number of hydrogen-bond acceptors (Lipinski definition) is 5. The predicted octanol–water partition coefficient (Wildman–Crippen LogP) is 1.51. The Hall–Kier alpha value is -3.09. The van der Waals surface area contributed by atoms with Crippen LogP contribution in [0.2, 0.25) is 0 Å². The first-order valence-electron chi connectivity index (χ1n) is 5.88. The Bertz CT molecular complexity index is 711. The zero-order valence-corrected chi connectivity index (χ0v) is 10.3. The lowest BCUT2D eigenvalue weighted by molar-refractivity contribution is 0.102. The standard InChI is InChI=1S/C13H10N6O/c20-13(9-4-6-14-7-5-9)15-11-3-1-2-10(8-11)12-16-18-19-17-12/h1-8H,(H,15,20)(H,16,17,18,19). The highest BCUT2D eigenvalue weighted by Crippen LogP contribution is 2.18. The second kappa shape index (κ2) is 5.27. The van der Waals surface area contributed by atoms with E-state index in [-0.39, 0.29) is 5.91 Å². The molecule has 3 rings (SSSR count). The number of pyridine rings is 1. The second-order valence-electron chi connectivity index (χ2n) is 4.01. The van der Waals surface area contributed by atoms with Crippen molar-refractivity contribution in [1.82, 2.24) is 25.6 Å². The number of aromatic nitrogens is 5. The zero-order valence-electron chi connectivity index (χ0n) is 10.3. The van der Waals surface area contributed by atoms with Gasteiger partial charge < -0.3 is 5.32 Å². The topological polar surface area (TPSA) is 96.5 Å². The number of anilines is 1. The zero-order chi connectivity index (χ0) is 13.8. The average Bonchev–Trinajstić information content (AvgIpc) is 3.03. The number of H-pyrrole nitrogens is 1. The summed E-state index contributed by atoms with van der Waals surface area (Å²) >= 11 is 0. The smallest absolute Gasteiger partial charge is 0.255 e. The van der Waals surface area contributed by atoms with E-state index in [1.165, 1.54) is 0 Å². The van der Waals surface area contributed by atoms with Gasteiger partial charge in [0.2, 0.25) is 5.82 Å². The van der Waals surface area contributed by atoms with Crippen molar-refractivity contribution in [2.75, 3.05) is 5.32 Å². The molecule has 0 fully saturated rings. The number of hydrogen-bond donors (Lipinski definition) is 2. The van der Waals surface area contributed by atoms with Gasteiger partial charge in [-0.1, -0.05) is 12.1 Å². The molecule has 2 N–H and O–H groups in total. The van der Waals surface area contributed by atoms with Gasteiger partial charge in [-0.05, 0) is 29.5 Å². The Kier molecular flexibility index (Phi) is 3.15. The molecular formula is C13H10N6O. The van der Waals surface area contributed by atoms with Crippen molar-refractivity contribution in [1.29, 1.82) is 0 Å². The van der Waals surface area contributed by atoms with Crippen LogP contribution in [0.5, 0.6) is 0 Å². The number of tetrazole rings is 1. The number of rotatable bonds is 3. The van der Waals surface area contributed by atoms with E-state index in [9.17, 15) is 4.79 Å². The van der Waals surface area contributed by atoms with Gasteiger partial charge in [-0.15, -0.1) is 10.2 Å². The quantitative estimate of drug-likeness (QED) is 0.749.